The zero-order valence-electron chi connectivity index (χ0n) is 18.5. The maximum atomic E-state index is 11.1. The summed E-state index contributed by atoms with van der Waals surface area (Å²) in [6.45, 7) is 5.73. The fourth-order valence-electron chi connectivity index (χ4n) is 5.05. The second kappa shape index (κ2) is 7.93. The molecule has 1 saturated heterocycles. The molecule has 1 unspecified atom stereocenters. The number of nitrogens with zero attached hydrogens (tertiary/aromatic N) is 3. The first-order valence-electron chi connectivity index (χ1n) is 11.2. The fourth-order valence-corrected chi connectivity index (χ4v) is 5.05. The summed E-state index contributed by atoms with van der Waals surface area (Å²) in [5, 5.41) is 16.4. The number of aromatic nitrogens is 2. The lowest BCUT2D eigenvalue weighted by Gasteiger charge is -2.47. The smallest absolute Gasteiger partial charge is 0.133 e. The van der Waals surface area contributed by atoms with E-state index in [1.807, 2.05) is 42.2 Å². The maximum absolute atomic E-state index is 11.1. The van der Waals surface area contributed by atoms with Crippen LogP contribution in [-0.2, 0) is 11.8 Å². The Kier molecular flexibility index (Phi) is 5.24. The molecule has 0 saturated carbocycles. The summed E-state index contributed by atoms with van der Waals surface area (Å²) in [4.78, 5) is 2.14. The zero-order chi connectivity index (χ0) is 21.6. The number of rotatable bonds is 4. The molecule has 0 bridgehead atoms. The summed E-state index contributed by atoms with van der Waals surface area (Å²) in [6.07, 6.45) is 4.02. The van der Waals surface area contributed by atoms with Crippen molar-refractivity contribution in [3.8, 4) is 5.75 Å². The van der Waals surface area contributed by atoms with Gasteiger partial charge in [0.1, 0.15) is 17.6 Å². The number of aliphatic hydroxyl groups excluding tert-OH is 1. The van der Waals surface area contributed by atoms with Gasteiger partial charge in [-0.1, -0.05) is 24.3 Å². The lowest BCUT2D eigenvalue weighted by atomic mass is 9.81. The minimum atomic E-state index is -0.624. The van der Waals surface area contributed by atoms with Gasteiger partial charge in [-0.25, -0.2) is 0 Å². The number of aliphatic hydroxyl groups is 1. The van der Waals surface area contributed by atoms with Crippen LogP contribution in [0.1, 0.15) is 56.6 Å². The molecule has 6 heteroatoms. The van der Waals surface area contributed by atoms with Crippen LogP contribution in [0, 0.1) is 0 Å². The Morgan fingerprint density at radius 1 is 1.16 bits per heavy atom. The van der Waals surface area contributed by atoms with Gasteiger partial charge in [0.15, 0.2) is 0 Å². The standard InChI is InChI=1S/C25H31N3O3/c1-17(2)30-23-15-25(31-22-7-5-4-6-20(22)23)10-12-28(13-11-25)24(29)18-8-9-21-19(14-18)16-26-27(21)3/h4-9,14,16-17,23-24,29H,10-13,15H2,1-3H3/t23-,24?/m0/s1. The minimum Gasteiger partial charge on any atom is -0.487 e. The van der Waals surface area contributed by atoms with Crippen LogP contribution in [0.3, 0.4) is 0 Å². The summed E-state index contributed by atoms with van der Waals surface area (Å²) >= 11 is 0. The average Bonchev–Trinajstić information content (AvgIpc) is 3.13. The fraction of sp³-hybridized carbons (Fsp3) is 0.480. The van der Waals surface area contributed by atoms with Gasteiger partial charge < -0.3 is 14.6 Å². The second-order valence-electron chi connectivity index (χ2n) is 9.20. The Labute approximate surface area is 183 Å². The van der Waals surface area contributed by atoms with Gasteiger partial charge in [-0.2, -0.15) is 5.10 Å². The van der Waals surface area contributed by atoms with Crippen LogP contribution < -0.4 is 4.74 Å². The van der Waals surface area contributed by atoms with Gasteiger partial charge in [0.2, 0.25) is 0 Å². The summed E-state index contributed by atoms with van der Waals surface area (Å²) in [6, 6.07) is 14.3. The molecule has 1 fully saturated rings. The van der Waals surface area contributed by atoms with E-state index >= 15 is 0 Å². The largest absolute Gasteiger partial charge is 0.487 e. The highest BCUT2D eigenvalue weighted by molar-refractivity contribution is 5.79. The Morgan fingerprint density at radius 2 is 1.94 bits per heavy atom. The van der Waals surface area contributed by atoms with Crippen LogP contribution in [0.15, 0.2) is 48.7 Å². The summed E-state index contributed by atoms with van der Waals surface area (Å²) in [7, 11) is 1.93. The molecule has 2 aliphatic heterocycles. The van der Waals surface area contributed by atoms with Gasteiger partial charge in [-0.05, 0) is 37.6 Å². The van der Waals surface area contributed by atoms with Crippen molar-refractivity contribution in [1.82, 2.24) is 14.7 Å². The Morgan fingerprint density at radius 3 is 2.71 bits per heavy atom. The number of hydrogen-bond acceptors (Lipinski definition) is 5. The predicted octanol–water partition coefficient (Wildman–Crippen LogP) is 4.35. The molecule has 6 nitrogen and oxygen atoms in total. The van der Waals surface area contributed by atoms with Crippen molar-refractivity contribution in [2.24, 2.45) is 7.05 Å². The topological polar surface area (TPSA) is 59.8 Å². The van der Waals surface area contributed by atoms with E-state index in [1.165, 1.54) is 0 Å². The third-order valence-corrected chi connectivity index (χ3v) is 6.71. The Bertz CT molecular complexity index is 1070. The van der Waals surface area contributed by atoms with Crippen LogP contribution in [0.25, 0.3) is 10.9 Å². The van der Waals surface area contributed by atoms with Crippen molar-refractivity contribution >= 4 is 10.9 Å². The van der Waals surface area contributed by atoms with E-state index in [-0.39, 0.29) is 17.8 Å². The highest BCUT2D eigenvalue weighted by atomic mass is 16.5. The van der Waals surface area contributed by atoms with Gasteiger partial charge in [-0.3, -0.25) is 9.58 Å². The van der Waals surface area contributed by atoms with Crippen molar-refractivity contribution in [3.05, 3.63) is 59.8 Å². The molecule has 1 aromatic heterocycles. The number of benzene rings is 2. The third kappa shape index (κ3) is 3.84. The van der Waals surface area contributed by atoms with Crippen LogP contribution in [-0.4, -0.2) is 44.6 Å². The van der Waals surface area contributed by atoms with Crippen molar-refractivity contribution in [2.75, 3.05) is 13.1 Å². The molecule has 2 aromatic carbocycles. The lowest BCUT2D eigenvalue weighted by Crippen LogP contribution is -2.51. The predicted molar refractivity (Wildman–Crippen MR) is 120 cm³/mol. The SMILES string of the molecule is CC(C)O[C@H]1CC2(CCN(C(O)c3ccc4c(cnn4C)c3)CC2)Oc2ccccc21. The molecule has 3 heterocycles. The summed E-state index contributed by atoms with van der Waals surface area (Å²) < 4.78 is 14.7. The van der Waals surface area contributed by atoms with Crippen LogP contribution in [0.5, 0.6) is 5.75 Å². The molecule has 164 valence electrons. The average molecular weight is 422 g/mol. The molecular weight excluding hydrogens is 390 g/mol. The van der Waals surface area contributed by atoms with E-state index in [1.54, 1.807) is 0 Å². The first-order chi connectivity index (χ1) is 14.9. The molecule has 2 aliphatic rings. The molecule has 1 N–H and O–H groups in total. The molecule has 5 rings (SSSR count). The Hall–Kier alpha value is -2.41. The van der Waals surface area contributed by atoms with Crippen molar-refractivity contribution in [3.63, 3.8) is 0 Å². The molecule has 3 aromatic rings. The monoisotopic (exact) mass is 421 g/mol. The van der Waals surface area contributed by atoms with Crippen LogP contribution >= 0.6 is 0 Å². The molecular formula is C25H31N3O3. The number of hydrogen-bond donors (Lipinski definition) is 1. The van der Waals surface area contributed by atoms with E-state index in [9.17, 15) is 5.11 Å². The molecule has 31 heavy (non-hydrogen) atoms. The highest BCUT2D eigenvalue weighted by Gasteiger charge is 2.44. The van der Waals surface area contributed by atoms with E-state index < -0.39 is 6.23 Å². The van der Waals surface area contributed by atoms with Crippen LogP contribution in [0.2, 0.25) is 0 Å². The number of fused-ring (bicyclic) bond motifs is 2. The van der Waals surface area contributed by atoms with Gasteiger partial charge in [0.05, 0.1) is 23.9 Å². The molecule has 0 aliphatic carbocycles. The van der Waals surface area contributed by atoms with E-state index in [0.717, 1.165) is 60.1 Å². The maximum Gasteiger partial charge on any atom is 0.133 e. The molecule has 0 radical (unpaired) electrons. The quantitative estimate of drug-likeness (QED) is 0.679. The molecule has 2 atom stereocenters. The van der Waals surface area contributed by atoms with E-state index in [4.69, 9.17) is 9.47 Å². The normalized spacial score (nSPS) is 21.9. The molecule has 1 spiro atoms. The second-order valence-corrected chi connectivity index (χ2v) is 9.20. The van der Waals surface area contributed by atoms with Crippen LogP contribution in [0.4, 0.5) is 0 Å². The van der Waals surface area contributed by atoms with Gasteiger partial charge >= 0.3 is 0 Å². The minimum absolute atomic E-state index is 0.0504. The Balaban J connectivity index is 1.32. The van der Waals surface area contributed by atoms with Gasteiger partial charge in [0.25, 0.3) is 0 Å². The van der Waals surface area contributed by atoms with E-state index in [2.05, 4.69) is 42.0 Å². The highest BCUT2D eigenvalue weighted by Crippen LogP contribution is 2.46. The number of para-hydroxylation sites is 1. The lowest BCUT2D eigenvalue weighted by molar-refractivity contribution is -0.109. The molecule has 0 amide bonds. The third-order valence-electron chi connectivity index (χ3n) is 6.71. The number of ether oxygens (including phenoxy) is 2. The number of likely N-dealkylation sites (tertiary alicyclic amines) is 1. The van der Waals surface area contributed by atoms with Crippen molar-refractivity contribution < 1.29 is 14.6 Å². The van der Waals surface area contributed by atoms with Gasteiger partial charge in [-0.15, -0.1) is 0 Å². The summed E-state index contributed by atoms with van der Waals surface area (Å²) in [5.41, 5.74) is 2.89. The number of aryl methyl sites for hydroxylation is 1. The van der Waals surface area contributed by atoms with E-state index in [0.29, 0.717) is 0 Å². The zero-order valence-corrected chi connectivity index (χ0v) is 18.5. The van der Waals surface area contributed by atoms with Crippen molar-refractivity contribution in [2.45, 2.75) is 57.1 Å². The first-order valence-corrected chi connectivity index (χ1v) is 11.2. The van der Waals surface area contributed by atoms with Crippen molar-refractivity contribution in [1.29, 1.82) is 0 Å². The van der Waals surface area contributed by atoms with Gasteiger partial charge in [0, 0.05) is 50.3 Å². The number of piperidine rings is 1. The first kappa shape index (κ1) is 20.5. The summed E-state index contributed by atoms with van der Waals surface area (Å²) in [5.74, 6) is 0.940.